The quantitative estimate of drug-likeness (QED) is 0.654. The molecule has 0 heterocycles. The highest BCUT2D eigenvalue weighted by Crippen LogP contribution is 2.32. The molecule has 13 heavy (non-hydrogen) atoms. The van der Waals surface area contributed by atoms with Gasteiger partial charge >= 0.3 is 0 Å². The highest BCUT2D eigenvalue weighted by Gasteiger charge is 2.22. The van der Waals surface area contributed by atoms with Gasteiger partial charge in [-0.15, -0.1) is 0 Å². The standard InChI is InChI=1S/C11H24N2/c1-10(2)13(8-3-7-12)9-6-11-4-5-11/h10-11H,3-9,12H2,1-2H3. The molecule has 1 saturated carbocycles. The van der Waals surface area contributed by atoms with E-state index < -0.39 is 0 Å². The zero-order valence-corrected chi connectivity index (χ0v) is 9.13. The summed E-state index contributed by atoms with van der Waals surface area (Å²) in [5, 5.41) is 0. The Morgan fingerprint density at radius 1 is 1.31 bits per heavy atom. The van der Waals surface area contributed by atoms with Gasteiger partial charge in [-0.05, 0) is 52.2 Å². The number of nitrogens with two attached hydrogens (primary N) is 1. The van der Waals surface area contributed by atoms with Crippen molar-refractivity contribution < 1.29 is 0 Å². The molecule has 0 amide bonds. The fraction of sp³-hybridized carbons (Fsp3) is 1.00. The van der Waals surface area contributed by atoms with Gasteiger partial charge < -0.3 is 10.6 Å². The first-order chi connectivity index (χ1) is 6.24. The van der Waals surface area contributed by atoms with E-state index in [1.54, 1.807) is 0 Å². The predicted molar refractivity (Wildman–Crippen MR) is 57.7 cm³/mol. The Bertz CT molecular complexity index is 130. The maximum Gasteiger partial charge on any atom is 0.00385 e. The van der Waals surface area contributed by atoms with E-state index in [1.165, 1.54) is 32.4 Å². The van der Waals surface area contributed by atoms with Gasteiger partial charge in [-0.2, -0.15) is 0 Å². The number of hydrogen-bond donors (Lipinski definition) is 1. The summed E-state index contributed by atoms with van der Waals surface area (Å²) in [5.41, 5.74) is 5.52. The molecule has 78 valence electrons. The minimum atomic E-state index is 0.685. The third-order valence-corrected chi connectivity index (χ3v) is 2.90. The molecule has 0 atom stereocenters. The van der Waals surface area contributed by atoms with Crippen LogP contribution in [0.4, 0.5) is 0 Å². The van der Waals surface area contributed by atoms with Gasteiger partial charge in [-0.1, -0.05) is 12.8 Å². The average molecular weight is 184 g/mol. The lowest BCUT2D eigenvalue weighted by Crippen LogP contribution is -2.33. The number of hydrogen-bond acceptors (Lipinski definition) is 2. The van der Waals surface area contributed by atoms with Gasteiger partial charge in [0.25, 0.3) is 0 Å². The van der Waals surface area contributed by atoms with Gasteiger partial charge in [0.2, 0.25) is 0 Å². The van der Waals surface area contributed by atoms with Crippen molar-refractivity contribution in [1.29, 1.82) is 0 Å². The molecule has 0 spiro atoms. The first-order valence-electron chi connectivity index (χ1n) is 5.68. The summed E-state index contributed by atoms with van der Waals surface area (Å²) in [6, 6.07) is 0.685. The van der Waals surface area contributed by atoms with Crippen LogP contribution in [0, 0.1) is 5.92 Å². The molecular formula is C11H24N2. The smallest absolute Gasteiger partial charge is 0.00385 e. The topological polar surface area (TPSA) is 29.3 Å². The van der Waals surface area contributed by atoms with Crippen LogP contribution in [0.25, 0.3) is 0 Å². The van der Waals surface area contributed by atoms with Crippen LogP contribution in [0.2, 0.25) is 0 Å². The Hall–Kier alpha value is -0.0800. The zero-order chi connectivity index (χ0) is 9.68. The normalized spacial score (nSPS) is 17.3. The van der Waals surface area contributed by atoms with Crippen molar-refractivity contribution in [2.24, 2.45) is 11.7 Å². The lowest BCUT2D eigenvalue weighted by molar-refractivity contribution is 0.214. The van der Waals surface area contributed by atoms with Crippen LogP contribution in [0.3, 0.4) is 0 Å². The van der Waals surface area contributed by atoms with E-state index in [0.29, 0.717) is 6.04 Å². The van der Waals surface area contributed by atoms with Crippen LogP contribution in [0.5, 0.6) is 0 Å². The summed E-state index contributed by atoms with van der Waals surface area (Å²) >= 11 is 0. The van der Waals surface area contributed by atoms with Crippen molar-refractivity contribution in [2.45, 2.75) is 45.6 Å². The van der Waals surface area contributed by atoms with E-state index >= 15 is 0 Å². The Morgan fingerprint density at radius 3 is 2.46 bits per heavy atom. The predicted octanol–water partition coefficient (Wildman–Crippen LogP) is 1.85. The van der Waals surface area contributed by atoms with Crippen LogP contribution in [0.1, 0.15) is 39.5 Å². The van der Waals surface area contributed by atoms with Crippen LogP contribution >= 0.6 is 0 Å². The van der Waals surface area contributed by atoms with Gasteiger partial charge in [-0.25, -0.2) is 0 Å². The van der Waals surface area contributed by atoms with Crippen LogP contribution < -0.4 is 5.73 Å². The lowest BCUT2D eigenvalue weighted by atomic mass is 10.2. The Labute approximate surface area is 82.5 Å². The monoisotopic (exact) mass is 184 g/mol. The molecule has 1 fully saturated rings. The SMILES string of the molecule is CC(C)N(CCCN)CCC1CC1. The van der Waals surface area contributed by atoms with Crippen molar-refractivity contribution in [3.63, 3.8) is 0 Å². The Balaban J connectivity index is 2.11. The summed E-state index contributed by atoms with van der Waals surface area (Å²) in [6.45, 7) is 7.85. The molecule has 0 unspecified atom stereocenters. The summed E-state index contributed by atoms with van der Waals surface area (Å²) in [5.74, 6) is 1.05. The van der Waals surface area contributed by atoms with E-state index in [1.807, 2.05) is 0 Å². The Morgan fingerprint density at radius 2 is 2.00 bits per heavy atom. The molecule has 2 N–H and O–H groups in total. The fourth-order valence-electron chi connectivity index (χ4n) is 1.68. The van der Waals surface area contributed by atoms with Crippen molar-refractivity contribution in [2.75, 3.05) is 19.6 Å². The van der Waals surface area contributed by atoms with Crippen LogP contribution in [-0.2, 0) is 0 Å². The van der Waals surface area contributed by atoms with E-state index in [2.05, 4.69) is 18.7 Å². The first kappa shape index (κ1) is 11.0. The molecule has 0 aromatic heterocycles. The molecule has 2 nitrogen and oxygen atoms in total. The molecule has 0 radical (unpaired) electrons. The highest BCUT2D eigenvalue weighted by molar-refractivity contribution is 4.75. The maximum absolute atomic E-state index is 5.52. The molecule has 0 saturated heterocycles. The molecule has 0 aromatic carbocycles. The third-order valence-electron chi connectivity index (χ3n) is 2.90. The minimum absolute atomic E-state index is 0.685. The second-order valence-electron chi connectivity index (χ2n) is 4.50. The van der Waals surface area contributed by atoms with E-state index in [4.69, 9.17) is 5.73 Å². The second kappa shape index (κ2) is 5.61. The Kier molecular flexibility index (Phi) is 4.74. The van der Waals surface area contributed by atoms with Crippen molar-refractivity contribution >= 4 is 0 Å². The highest BCUT2D eigenvalue weighted by atomic mass is 15.1. The molecule has 0 aromatic rings. The van der Waals surface area contributed by atoms with Crippen molar-refractivity contribution in [1.82, 2.24) is 4.90 Å². The summed E-state index contributed by atoms with van der Waals surface area (Å²) in [4.78, 5) is 2.56. The lowest BCUT2D eigenvalue weighted by Gasteiger charge is -2.26. The van der Waals surface area contributed by atoms with Gasteiger partial charge in [0, 0.05) is 6.04 Å². The minimum Gasteiger partial charge on any atom is -0.330 e. The second-order valence-corrected chi connectivity index (χ2v) is 4.50. The van der Waals surface area contributed by atoms with Crippen molar-refractivity contribution in [3.05, 3.63) is 0 Å². The molecule has 1 aliphatic rings. The van der Waals surface area contributed by atoms with Gasteiger partial charge in [0.15, 0.2) is 0 Å². The fourth-order valence-corrected chi connectivity index (χ4v) is 1.68. The maximum atomic E-state index is 5.52. The molecular weight excluding hydrogens is 160 g/mol. The van der Waals surface area contributed by atoms with Crippen LogP contribution in [0.15, 0.2) is 0 Å². The number of nitrogens with zero attached hydrogens (tertiary/aromatic N) is 1. The van der Waals surface area contributed by atoms with E-state index in [9.17, 15) is 0 Å². The van der Waals surface area contributed by atoms with E-state index in [0.717, 1.165) is 18.9 Å². The summed E-state index contributed by atoms with van der Waals surface area (Å²) in [7, 11) is 0. The molecule has 1 rings (SSSR count). The molecule has 0 aliphatic heterocycles. The molecule has 0 bridgehead atoms. The average Bonchev–Trinajstić information content (AvgIpc) is 2.87. The summed E-state index contributed by atoms with van der Waals surface area (Å²) in [6.07, 6.45) is 5.50. The zero-order valence-electron chi connectivity index (χ0n) is 9.13. The number of rotatable bonds is 7. The van der Waals surface area contributed by atoms with Gasteiger partial charge in [0.1, 0.15) is 0 Å². The van der Waals surface area contributed by atoms with Crippen molar-refractivity contribution in [3.8, 4) is 0 Å². The first-order valence-corrected chi connectivity index (χ1v) is 5.68. The third kappa shape index (κ3) is 4.63. The van der Waals surface area contributed by atoms with Gasteiger partial charge in [-0.3, -0.25) is 0 Å². The largest absolute Gasteiger partial charge is 0.330 e. The van der Waals surface area contributed by atoms with Crippen LogP contribution in [-0.4, -0.2) is 30.6 Å². The molecule has 1 aliphatic carbocycles. The van der Waals surface area contributed by atoms with Gasteiger partial charge in [0.05, 0.1) is 0 Å². The van der Waals surface area contributed by atoms with E-state index in [-0.39, 0.29) is 0 Å². The molecule has 2 heteroatoms. The summed E-state index contributed by atoms with van der Waals surface area (Å²) < 4.78 is 0.